The fourth-order valence-electron chi connectivity index (χ4n) is 2.53. The van der Waals surface area contributed by atoms with Gasteiger partial charge in [0.05, 0.1) is 19.7 Å². The maximum atomic E-state index is 12.3. The van der Waals surface area contributed by atoms with E-state index >= 15 is 0 Å². The van der Waals surface area contributed by atoms with Gasteiger partial charge in [-0.1, -0.05) is 29.8 Å². The second kappa shape index (κ2) is 8.65. The Hall–Kier alpha value is -2.37. The first-order valence-electron chi connectivity index (χ1n) is 7.93. The molecule has 1 unspecified atom stereocenters. The zero-order valence-electron chi connectivity index (χ0n) is 14.6. The van der Waals surface area contributed by atoms with E-state index in [0.717, 1.165) is 16.0 Å². The summed E-state index contributed by atoms with van der Waals surface area (Å²) >= 11 is 5.98. The summed E-state index contributed by atoms with van der Waals surface area (Å²) in [5.74, 6) is -0.552. The molecule has 2 aromatic rings. The Morgan fingerprint density at radius 1 is 1.20 bits per heavy atom. The molecule has 132 valence electrons. The Morgan fingerprint density at radius 3 is 2.64 bits per heavy atom. The minimum absolute atomic E-state index is 0.121. The van der Waals surface area contributed by atoms with Gasteiger partial charge in [0.2, 0.25) is 0 Å². The van der Waals surface area contributed by atoms with Crippen molar-refractivity contribution in [2.45, 2.75) is 13.5 Å². The fraction of sp³-hybridized carbons (Fsp3) is 0.263. The van der Waals surface area contributed by atoms with E-state index in [1.54, 1.807) is 18.2 Å². The lowest BCUT2D eigenvalue weighted by Crippen LogP contribution is -3.08. The van der Waals surface area contributed by atoms with Crippen LogP contribution in [0.5, 0.6) is 0 Å². The molecular weight excluding hydrogens is 340 g/mol. The van der Waals surface area contributed by atoms with Crippen LogP contribution in [0.4, 0.5) is 5.69 Å². The first-order valence-corrected chi connectivity index (χ1v) is 8.31. The van der Waals surface area contributed by atoms with Gasteiger partial charge < -0.3 is 15.0 Å². The van der Waals surface area contributed by atoms with E-state index in [0.29, 0.717) is 29.4 Å². The van der Waals surface area contributed by atoms with Crippen molar-refractivity contribution in [3.05, 3.63) is 64.2 Å². The third-order valence-corrected chi connectivity index (χ3v) is 4.03. The van der Waals surface area contributed by atoms with E-state index in [1.807, 2.05) is 38.2 Å². The van der Waals surface area contributed by atoms with E-state index in [2.05, 4.69) is 5.32 Å². The summed E-state index contributed by atoms with van der Waals surface area (Å²) in [5, 5.41) is 3.55. The second-order valence-corrected chi connectivity index (χ2v) is 6.45. The zero-order valence-corrected chi connectivity index (χ0v) is 15.3. The lowest BCUT2D eigenvalue weighted by molar-refractivity contribution is -0.885. The standard InChI is InChI=1S/C19H21ClN2O3/c1-13-7-8-15(19(24)25-3)10-17(13)21-18(23)12-22(2)11-14-5-4-6-16(20)9-14/h4-10H,11-12H2,1-3H3,(H,21,23)/p+1. The van der Waals surface area contributed by atoms with Crippen molar-refractivity contribution >= 4 is 29.2 Å². The maximum Gasteiger partial charge on any atom is 0.337 e. The van der Waals surface area contributed by atoms with Crippen molar-refractivity contribution in [2.75, 3.05) is 26.0 Å². The number of hydrogen-bond donors (Lipinski definition) is 2. The summed E-state index contributed by atoms with van der Waals surface area (Å²) in [6.45, 7) is 2.86. The Balaban J connectivity index is 1.98. The molecule has 0 radical (unpaired) electrons. The highest BCUT2D eigenvalue weighted by atomic mass is 35.5. The van der Waals surface area contributed by atoms with Gasteiger partial charge in [0, 0.05) is 16.3 Å². The van der Waals surface area contributed by atoms with Crippen molar-refractivity contribution < 1.29 is 19.2 Å². The van der Waals surface area contributed by atoms with Crippen molar-refractivity contribution in [3.8, 4) is 0 Å². The number of quaternary nitrogens is 1. The van der Waals surface area contributed by atoms with Crippen molar-refractivity contribution in [1.29, 1.82) is 0 Å². The van der Waals surface area contributed by atoms with Crippen LogP contribution in [-0.2, 0) is 16.1 Å². The van der Waals surface area contributed by atoms with Crippen molar-refractivity contribution in [2.24, 2.45) is 0 Å². The number of carbonyl (C=O) groups is 2. The molecule has 0 bridgehead atoms. The predicted molar refractivity (Wildman–Crippen MR) is 98.1 cm³/mol. The van der Waals surface area contributed by atoms with Crippen LogP contribution < -0.4 is 10.2 Å². The molecule has 0 aliphatic carbocycles. The summed E-state index contributed by atoms with van der Waals surface area (Å²) in [4.78, 5) is 25.0. The molecule has 25 heavy (non-hydrogen) atoms. The Morgan fingerprint density at radius 2 is 1.96 bits per heavy atom. The highest BCUT2D eigenvalue weighted by molar-refractivity contribution is 6.30. The van der Waals surface area contributed by atoms with Crippen molar-refractivity contribution in [1.82, 2.24) is 0 Å². The lowest BCUT2D eigenvalue weighted by Gasteiger charge is -2.15. The number of anilines is 1. The van der Waals surface area contributed by atoms with E-state index in [4.69, 9.17) is 16.3 Å². The number of ether oxygens (including phenoxy) is 1. The SMILES string of the molecule is COC(=O)c1ccc(C)c(NC(=O)C[NH+](C)Cc2cccc(Cl)c2)c1. The molecule has 1 atom stereocenters. The number of amides is 1. The summed E-state index contributed by atoms with van der Waals surface area (Å²) in [5.41, 5.74) is 2.97. The number of aryl methyl sites for hydroxylation is 1. The average molecular weight is 362 g/mol. The summed E-state index contributed by atoms with van der Waals surface area (Å²) < 4.78 is 4.71. The van der Waals surface area contributed by atoms with E-state index in [1.165, 1.54) is 7.11 Å². The van der Waals surface area contributed by atoms with Gasteiger partial charge in [-0.15, -0.1) is 0 Å². The van der Waals surface area contributed by atoms with Crippen LogP contribution in [0.25, 0.3) is 0 Å². The molecule has 0 fully saturated rings. The van der Waals surface area contributed by atoms with Crippen LogP contribution in [0.3, 0.4) is 0 Å². The molecule has 2 aromatic carbocycles. The average Bonchev–Trinajstić information content (AvgIpc) is 2.55. The zero-order chi connectivity index (χ0) is 18.4. The molecule has 0 saturated heterocycles. The number of methoxy groups -OCH3 is 1. The second-order valence-electron chi connectivity index (χ2n) is 6.01. The van der Waals surface area contributed by atoms with Crippen LogP contribution in [-0.4, -0.2) is 32.6 Å². The third kappa shape index (κ3) is 5.59. The Kier molecular flexibility index (Phi) is 6.56. The van der Waals surface area contributed by atoms with Gasteiger partial charge in [0.15, 0.2) is 6.54 Å². The van der Waals surface area contributed by atoms with Crippen LogP contribution in [0, 0.1) is 6.92 Å². The molecule has 0 spiro atoms. The minimum atomic E-state index is -0.431. The van der Waals surface area contributed by atoms with Crippen molar-refractivity contribution in [3.63, 3.8) is 0 Å². The smallest absolute Gasteiger partial charge is 0.337 e. The van der Waals surface area contributed by atoms with Crippen LogP contribution in [0.2, 0.25) is 5.02 Å². The number of benzene rings is 2. The van der Waals surface area contributed by atoms with Crippen LogP contribution >= 0.6 is 11.6 Å². The highest BCUT2D eigenvalue weighted by Gasteiger charge is 2.14. The normalized spacial score (nSPS) is 11.7. The van der Waals surface area contributed by atoms with E-state index < -0.39 is 5.97 Å². The molecule has 0 heterocycles. The van der Waals surface area contributed by atoms with Gasteiger partial charge in [-0.25, -0.2) is 4.79 Å². The van der Waals surface area contributed by atoms with Crippen LogP contribution in [0.15, 0.2) is 42.5 Å². The first kappa shape index (κ1) is 19.0. The maximum absolute atomic E-state index is 12.3. The van der Waals surface area contributed by atoms with Gasteiger partial charge in [-0.05, 0) is 36.8 Å². The summed E-state index contributed by atoms with van der Waals surface area (Å²) in [6.07, 6.45) is 0. The molecule has 2 N–H and O–H groups in total. The number of nitrogens with one attached hydrogen (secondary N) is 2. The van der Waals surface area contributed by atoms with Gasteiger partial charge in [-0.2, -0.15) is 0 Å². The van der Waals surface area contributed by atoms with Gasteiger partial charge in [-0.3, -0.25) is 4.79 Å². The molecule has 0 aliphatic rings. The number of halogens is 1. The third-order valence-electron chi connectivity index (χ3n) is 3.79. The quantitative estimate of drug-likeness (QED) is 0.774. The number of carbonyl (C=O) groups excluding carboxylic acids is 2. The van der Waals surface area contributed by atoms with Gasteiger partial charge >= 0.3 is 5.97 Å². The Bertz CT molecular complexity index is 777. The number of likely N-dealkylation sites (N-methyl/N-ethyl adjacent to an activating group) is 1. The number of esters is 1. The van der Waals surface area contributed by atoms with E-state index in [9.17, 15) is 9.59 Å². The van der Waals surface area contributed by atoms with Gasteiger partial charge in [0.25, 0.3) is 5.91 Å². The lowest BCUT2D eigenvalue weighted by atomic mass is 10.1. The highest BCUT2D eigenvalue weighted by Crippen LogP contribution is 2.17. The van der Waals surface area contributed by atoms with E-state index in [-0.39, 0.29) is 5.91 Å². The van der Waals surface area contributed by atoms with Crippen LogP contribution in [0.1, 0.15) is 21.5 Å². The van der Waals surface area contributed by atoms with Gasteiger partial charge in [0.1, 0.15) is 6.54 Å². The number of hydrogen-bond acceptors (Lipinski definition) is 3. The molecule has 0 saturated carbocycles. The molecule has 0 aliphatic heterocycles. The largest absolute Gasteiger partial charge is 0.465 e. The topological polar surface area (TPSA) is 59.8 Å². The predicted octanol–water partition coefficient (Wildman–Crippen LogP) is 2.09. The molecule has 1 amide bonds. The summed E-state index contributed by atoms with van der Waals surface area (Å²) in [7, 11) is 3.27. The molecular formula is C19H22ClN2O3+. The molecule has 5 nitrogen and oxygen atoms in total. The summed E-state index contributed by atoms with van der Waals surface area (Å²) in [6, 6.07) is 12.7. The Labute approximate surface area is 152 Å². The fourth-order valence-corrected chi connectivity index (χ4v) is 2.74. The molecule has 0 aromatic heterocycles. The first-order chi connectivity index (χ1) is 11.9. The number of rotatable bonds is 6. The molecule has 6 heteroatoms. The monoisotopic (exact) mass is 361 g/mol. The minimum Gasteiger partial charge on any atom is -0.465 e. The molecule has 2 rings (SSSR count).